The van der Waals surface area contributed by atoms with Crippen LogP contribution in [-0.4, -0.2) is 33.1 Å². The molecule has 0 spiro atoms. The molecule has 0 saturated heterocycles. The summed E-state index contributed by atoms with van der Waals surface area (Å²) in [6, 6.07) is 11.2. The minimum atomic E-state index is -3.45. The first-order valence-corrected chi connectivity index (χ1v) is 9.27. The summed E-state index contributed by atoms with van der Waals surface area (Å²) in [5.74, 6) is -0.351. The van der Waals surface area contributed by atoms with E-state index in [2.05, 4.69) is 0 Å². The van der Waals surface area contributed by atoms with E-state index in [1.165, 1.54) is 16.4 Å². The van der Waals surface area contributed by atoms with E-state index in [9.17, 15) is 12.8 Å². The third-order valence-electron chi connectivity index (χ3n) is 3.67. The number of nitrogen functional groups attached to an aromatic ring is 1. The van der Waals surface area contributed by atoms with Crippen LogP contribution in [0.25, 0.3) is 0 Å². The van der Waals surface area contributed by atoms with E-state index in [-0.39, 0.29) is 18.9 Å². The van der Waals surface area contributed by atoms with Crippen molar-refractivity contribution >= 4 is 21.4 Å². The molecule has 0 aliphatic heterocycles. The minimum absolute atomic E-state index is 0.167. The van der Waals surface area contributed by atoms with Gasteiger partial charge in [-0.05, 0) is 41.5 Å². The van der Waals surface area contributed by atoms with E-state index in [0.29, 0.717) is 5.69 Å². The smallest absolute Gasteiger partial charge is 0.211 e. The SMILES string of the molecule is CN(C)c1ccc(N)cc1CN(Cc1ccc(F)cc1)S(C)(=O)=O. The van der Waals surface area contributed by atoms with Gasteiger partial charge in [-0.2, -0.15) is 4.31 Å². The number of halogens is 1. The lowest BCUT2D eigenvalue weighted by molar-refractivity contribution is 0.405. The standard InChI is InChI=1S/C17H22FN3O2S/c1-20(2)17-9-8-16(19)10-14(17)12-21(24(3,22)23)11-13-4-6-15(18)7-5-13/h4-10H,11-12,19H2,1-3H3. The molecule has 2 rings (SSSR count). The van der Waals surface area contributed by atoms with Crippen molar-refractivity contribution in [2.75, 3.05) is 31.0 Å². The number of benzene rings is 2. The molecule has 0 aliphatic rings. The van der Waals surface area contributed by atoms with Crippen LogP contribution in [0.5, 0.6) is 0 Å². The summed E-state index contributed by atoms with van der Waals surface area (Å²) >= 11 is 0. The monoisotopic (exact) mass is 351 g/mol. The van der Waals surface area contributed by atoms with Gasteiger partial charge in [-0.25, -0.2) is 12.8 Å². The summed E-state index contributed by atoms with van der Waals surface area (Å²) in [5, 5.41) is 0. The number of hydrogen-bond donors (Lipinski definition) is 1. The number of nitrogens with two attached hydrogens (primary N) is 1. The van der Waals surface area contributed by atoms with Crippen molar-refractivity contribution in [1.82, 2.24) is 4.31 Å². The van der Waals surface area contributed by atoms with Crippen molar-refractivity contribution in [2.24, 2.45) is 0 Å². The van der Waals surface area contributed by atoms with Crippen LogP contribution in [0.1, 0.15) is 11.1 Å². The first-order chi connectivity index (χ1) is 11.2. The van der Waals surface area contributed by atoms with E-state index >= 15 is 0 Å². The van der Waals surface area contributed by atoms with E-state index in [1.807, 2.05) is 25.1 Å². The fourth-order valence-corrected chi connectivity index (χ4v) is 3.20. The summed E-state index contributed by atoms with van der Waals surface area (Å²) in [7, 11) is 0.331. The van der Waals surface area contributed by atoms with Gasteiger partial charge >= 0.3 is 0 Å². The fraction of sp³-hybridized carbons (Fsp3) is 0.294. The highest BCUT2D eigenvalue weighted by Gasteiger charge is 2.20. The van der Waals surface area contributed by atoms with Crippen LogP contribution in [0.3, 0.4) is 0 Å². The second-order valence-electron chi connectivity index (χ2n) is 5.94. The third-order valence-corrected chi connectivity index (χ3v) is 4.87. The summed E-state index contributed by atoms with van der Waals surface area (Å²) < 4.78 is 38.7. The lowest BCUT2D eigenvalue weighted by Gasteiger charge is -2.24. The maximum absolute atomic E-state index is 13.0. The number of sulfonamides is 1. The van der Waals surface area contributed by atoms with Gasteiger partial charge in [-0.15, -0.1) is 0 Å². The van der Waals surface area contributed by atoms with E-state index in [1.54, 1.807) is 24.3 Å². The quantitative estimate of drug-likeness (QED) is 0.812. The molecule has 5 nitrogen and oxygen atoms in total. The Labute approximate surface area is 142 Å². The average molecular weight is 351 g/mol. The topological polar surface area (TPSA) is 66.6 Å². The molecule has 2 aromatic rings. The minimum Gasteiger partial charge on any atom is -0.399 e. The average Bonchev–Trinajstić information content (AvgIpc) is 2.47. The van der Waals surface area contributed by atoms with Crippen LogP contribution in [0.4, 0.5) is 15.8 Å². The van der Waals surface area contributed by atoms with Crippen LogP contribution in [-0.2, 0) is 23.1 Å². The van der Waals surface area contributed by atoms with Crippen LogP contribution >= 0.6 is 0 Å². The Hall–Kier alpha value is -2.12. The zero-order valence-corrected chi connectivity index (χ0v) is 14.8. The molecule has 0 unspecified atom stereocenters. The number of rotatable bonds is 6. The Bertz CT molecular complexity index is 805. The number of nitrogens with zero attached hydrogens (tertiary/aromatic N) is 2. The highest BCUT2D eigenvalue weighted by atomic mass is 32.2. The molecule has 130 valence electrons. The number of anilines is 2. The van der Waals surface area contributed by atoms with Gasteiger partial charge in [0.25, 0.3) is 0 Å². The molecule has 0 aliphatic carbocycles. The van der Waals surface area contributed by atoms with Crippen molar-refractivity contribution in [1.29, 1.82) is 0 Å². The zero-order valence-electron chi connectivity index (χ0n) is 14.0. The van der Waals surface area contributed by atoms with Gasteiger partial charge in [0.05, 0.1) is 6.26 Å². The van der Waals surface area contributed by atoms with Crippen LogP contribution in [0.15, 0.2) is 42.5 Å². The van der Waals surface area contributed by atoms with Gasteiger partial charge in [0.15, 0.2) is 0 Å². The van der Waals surface area contributed by atoms with Gasteiger partial charge in [-0.3, -0.25) is 0 Å². The molecular formula is C17H22FN3O2S. The molecule has 0 aromatic heterocycles. The normalized spacial score (nSPS) is 11.7. The van der Waals surface area contributed by atoms with Crippen LogP contribution < -0.4 is 10.6 Å². The lowest BCUT2D eigenvalue weighted by Crippen LogP contribution is -2.30. The van der Waals surface area contributed by atoms with Crippen molar-refractivity contribution in [2.45, 2.75) is 13.1 Å². The fourth-order valence-electron chi connectivity index (χ4n) is 2.44. The first kappa shape index (κ1) is 18.2. The Morgan fingerprint density at radius 3 is 2.21 bits per heavy atom. The summed E-state index contributed by atoms with van der Waals surface area (Å²) in [5.41, 5.74) is 8.86. The predicted molar refractivity (Wildman–Crippen MR) is 95.7 cm³/mol. The van der Waals surface area contributed by atoms with Gasteiger partial charge in [-0.1, -0.05) is 12.1 Å². The third kappa shape index (κ3) is 4.69. The van der Waals surface area contributed by atoms with Gasteiger partial charge in [0.2, 0.25) is 10.0 Å². The molecule has 0 bridgehead atoms. The van der Waals surface area contributed by atoms with E-state index in [4.69, 9.17) is 5.73 Å². The molecule has 0 amide bonds. The Morgan fingerprint density at radius 2 is 1.67 bits per heavy atom. The first-order valence-electron chi connectivity index (χ1n) is 7.42. The van der Waals surface area contributed by atoms with Gasteiger partial charge in [0, 0.05) is 38.6 Å². The molecule has 0 atom stereocenters. The van der Waals surface area contributed by atoms with Crippen molar-refractivity contribution < 1.29 is 12.8 Å². The molecule has 0 radical (unpaired) electrons. The zero-order chi connectivity index (χ0) is 17.9. The molecule has 24 heavy (non-hydrogen) atoms. The highest BCUT2D eigenvalue weighted by Crippen LogP contribution is 2.24. The molecule has 0 fully saturated rings. The predicted octanol–water partition coefficient (Wildman–Crippen LogP) is 2.44. The molecule has 2 N–H and O–H groups in total. The molecular weight excluding hydrogens is 329 g/mol. The Balaban J connectivity index is 2.34. The molecule has 0 heterocycles. The van der Waals surface area contributed by atoms with Gasteiger partial charge < -0.3 is 10.6 Å². The van der Waals surface area contributed by atoms with Gasteiger partial charge in [0.1, 0.15) is 5.82 Å². The highest BCUT2D eigenvalue weighted by molar-refractivity contribution is 7.88. The second-order valence-corrected chi connectivity index (χ2v) is 7.92. The summed E-state index contributed by atoms with van der Waals surface area (Å²) in [6.45, 7) is 0.357. The largest absolute Gasteiger partial charge is 0.399 e. The maximum atomic E-state index is 13.0. The Kier molecular flexibility index (Phi) is 5.46. The molecule has 2 aromatic carbocycles. The Morgan fingerprint density at radius 1 is 1.04 bits per heavy atom. The second kappa shape index (κ2) is 7.19. The summed E-state index contributed by atoms with van der Waals surface area (Å²) in [6.07, 6.45) is 1.16. The molecule has 7 heteroatoms. The van der Waals surface area contributed by atoms with Crippen molar-refractivity contribution in [3.8, 4) is 0 Å². The van der Waals surface area contributed by atoms with E-state index < -0.39 is 10.0 Å². The van der Waals surface area contributed by atoms with E-state index in [0.717, 1.165) is 23.1 Å². The van der Waals surface area contributed by atoms with Crippen LogP contribution in [0.2, 0.25) is 0 Å². The van der Waals surface area contributed by atoms with Crippen molar-refractivity contribution in [3.05, 3.63) is 59.4 Å². The lowest BCUT2D eigenvalue weighted by atomic mass is 10.1. The summed E-state index contributed by atoms with van der Waals surface area (Å²) in [4.78, 5) is 1.91. The number of hydrogen-bond acceptors (Lipinski definition) is 4. The van der Waals surface area contributed by atoms with Crippen LogP contribution in [0, 0.1) is 5.82 Å². The maximum Gasteiger partial charge on any atom is 0.211 e. The molecule has 0 saturated carbocycles. The van der Waals surface area contributed by atoms with Crippen molar-refractivity contribution in [3.63, 3.8) is 0 Å².